The maximum absolute atomic E-state index is 11.9. The molecular weight excluding hydrogens is 256 g/mol. The van der Waals surface area contributed by atoms with Gasteiger partial charge in [-0.25, -0.2) is 4.98 Å². The topological polar surface area (TPSA) is 68.3 Å². The largest absolute Gasteiger partial charge is 0.481 e. The zero-order valence-corrected chi connectivity index (χ0v) is 10.9. The highest BCUT2D eigenvalue weighted by Gasteiger charge is 2.15. The molecule has 1 aromatic carbocycles. The lowest BCUT2D eigenvalue weighted by molar-refractivity contribution is -0.122. The van der Waals surface area contributed by atoms with Crippen molar-refractivity contribution >= 4 is 18.0 Å². The van der Waals surface area contributed by atoms with Crippen LogP contribution < -0.4 is 10.1 Å². The predicted octanol–water partition coefficient (Wildman–Crippen LogP) is 2.30. The van der Waals surface area contributed by atoms with E-state index in [-0.39, 0.29) is 5.91 Å². The number of rotatable bonds is 5. The van der Waals surface area contributed by atoms with E-state index in [2.05, 4.69) is 10.3 Å². The van der Waals surface area contributed by atoms with Crippen LogP contribution in [0.4, 0.5) is 5.82 Å². The molecule has 20 heavy (non-hydrogen) atoms. The molecule has 0 radical (unpaired) electrons. The Morgan fingerprint density at radius 1 is 1.25 bits per heavy atom. The van der Waals surface area contributed by atoms with Crippen LogP contribution in [0, 0.1) is 0 Å². The lowest BCUT2D eigenvalue weighted by Gasteiger charge is -2.14. The van der Waals surface area contributed by atoms with Crippen molar-refractivity contribution in [3.63, 3.8) is 0 Å². The smallest absolute Gasteiger partial charge is 0.266 e. The predicted molar refractivity (Wildman–Crippen MR) is 74.8 cm³/mol. The van der Waals surface area contributed by atoms with Gasteiger partial charge in [0.05, 0.1) is 0 Å². The highest BCUT2D eigenvalue weighted by molar-refractivity contribution is 5.93. The number of benzene rings is 1. The molecule has 2 rings (SSSR count). The molecule has 0 fully saturated rings. The number of carbonyl (C=O) groups is 2. The molecule has 0 saturated heterocycles. The van der Waals surface area contributed by atoms with E-state index in [4.69, 9.17) is 4.74 Å². The fourth-order valence-electron chi connectivity index (χ4n) is 1.55. The molecule has 5 heteroatoms. The number of pyridine rings is 1. The minimum Gasteiger partial charge on any atom is -0.481 e. The summed E-state index contributed by atoms with van der Waals surface area (Å²) in [6.07, 6.45) is 1.68. The van der Waals surface area contributed by atoms with Crippen LogP contribution in [-0.2, 0) is 4.79 Å². The fraction of sp³-hybridized carbons (Fsp3) is 0.133. The van der Waals surface area contributed by atoms with Gasteiger partial charge in [0.2, 0.25) is 0 Å². The summed E-state index contributed by atoms with van der Waals surface area (Å²) in [5.41, 5.74) is 0.558. The van der Waals surface area contributed by atoms with Gasteiger partial charge >= 0.3 is 0 Å². The number of anilines is 1. The minimum atomic E-state index is -0.668. The van der Waals surface area contributed by atoms with E-state index in [1.54, 1.807) is 55.6 Å². The molecule has 1 unspecified atom stereocenters. The quantitative estimate of drug-likeness (QED) is 0.846. The first-order valence-corrected chi connectivity index (χ1v) is 6.13. The molecule has 0 bridgehead atoms. The Morgan fingerprint density at radius 2 is 2.00 bits per heavy atom. The summed E-state index contributed by atoms with van der Waals surface area (Å²) in [6, 6.07) is 11.8. The minimum absolute atomic E-state index is 0.289. The summed E-state index contributed by atoms with van der Waals surface area (Å²) in [7, 11) is 0. The molecule has 5 nitrogen and oxygen atoms in total. The number of nitrogens with zero attached hydrogens (tertiary/aromatic N) is 1. The van der Waals surface area contributed by atoms with Gasteiger partial charge in [0, 0.05) is 11.8 Å². The van der Waals surface area contributed by atoms with Crippen molar-refractivity contribution in [2.75, 3.05) is 5.32 Å². The third kappa shape index (κ3) is 3.65. The zero-order valence-electron chi connectivity index (χ0n) is 10.9. The Kier molecular flexibility index (Phi) is 4.44. The molecule has 0 aliphatic carbocycles. The van der Waals surface area contributed by atoms with Gasteiger partial charge in [-0.05, 0) is 43.3 Å². The number of hydrogen-bond acceptors (Lipinski definition) is 4. The van der Waals surface area contributed by atoms with Gasteiger partial charge in [-0.3, -0.25) is 9.59 Å². The van der Waals surface area contributed by atoms with Crippen LogP contribution in [0.25, 0.3) is 0 Å². The van der Waals surface area contributed by atoms with Crippen molar-refractivity contribution in [3.05, 3.63) is 54.2 Å². The highest BCUT2D eigenvalue weighted by atomic mass is 16.5. The lowest BCUT2D eigenvalue weighted by Crippen LogP contribution is -2.30. The second-order valence-corrected chi connectivity index (χ2v) is 4.15. The van der Waals surface area contributed by atoms with E-state index < -0.39 is 6.10 Å². The van der Waals surface area contributed by atoms with Crippen LogP contribution >= 0.6 is 0 Å². The number of aromatic nitrogens is 1. The maximum Gasteiger partial charge on any atom is 0.266 e. The van der Waals surface area contributed by atoms with Gasteiger partial charge < -0.3 is 10.1 Å². The summed E-state index contributed by atoms with van der Waals surface area (Å²) >= 11 is 0. The first kappa shape index (κ1) is 13.7. The normalized spacial score (nSPS) is 11.4. The Morgan fingerprint density at radius 3 is 2.60 bits per heavy atom. The molecule has 1 amide bonds. The molecule has 1 heterocycles. The third-order valence-electron chi connectivity index (χ3n) is 2.61. The summed E-state index contributed by atoms with van der Waals surface area (Å²) in [6.45, 7) is 1.64. The summed E-state index contributed by atoms with van der Waals surface area (Å²) in [5, 5.41) is 2.65. The molecule has 1 atom stereocenters. The van der Waals surface area contributed by atoms with E-state index in [1.807, 2.05) is 0 Å². The summed E-state index contributed by atoms with van der Waals surface area (Å²) in [4.78, 5) is 26.5. The first-order valence-electron chi connectivity index (χ1n) is 6.13. The number of ether oxygens (including phenoxy) is 1. The lowest BCUT2D eigenvalue weighted by atomic mass is 10.2. The van der Waals surface area contributed by atoms with Crippen LogP contribution in [0.3, 0.4) is 0 Å². The fourth-order valence-corrected chi connectivity index (χ4v) is 1.55. The summed E-state index contributed by atoms with van der Waals surface area (Å²) in [5.74, 6) is 0.715. The molecule has 0 aliphatic heterocycles. The Bertz CT molecular complexity index is 582. The van der Waals surface area contributed by atoms with Crippen molar-refractivity contribution in [3.8, 4) is 5.75 Å². The molecule has 0 saturated carbocycles. The number of amides is 1. The average molecular weight is 270 g/mol. The van der Waals surface area contributed by atoms with Gasteiger partial charge in [0.15, 0.2) is 6.10 Å². The standard InChI is InChI=1S/C15H14N2O3/c1-11(15(19)17-14-4-2-3-9-16-14)20-13-7-5-12(10-18)6-8-13/h2-11H,1H3,(H,16,17,19). The molecule has 1 N–H and O–H groups in total. The maximum atomic E-state index is 11.9. The van der Waals surface area contributed by atoms with E-state index in [9.17, 15) is 9.59 Å². The van der Waals surface area contributed by atoms with Crippen molar-refractivity contribution in [1.29, 1.82) is 0 Å². The van der Waals surface area contributed by atoms with Crippen LogP contribution in [0.15, 0.2) is 48.7 Å². The molecule has 1 aromatic heterocycles. The van der Waals surface area contributed by atoms with Gasteiger partial charge in [0.25, 0.3) is 5.91 Å². The number of hydrogen-bond donors (Lipinski definition) is 1. The Labute approximate surface area is 116 Å². The molecule has 0 spiro atoms. The van der Waals surface area contributed by atoms with Crippen molar-refractivity contribution in [2.24, 2.45) is 0 Å². The second-order valence-electron chi connectivity index (χ2n) is 4.15. The molecule has 0 aliphatic rings. The SMILES string of the molecule is CC(Oc1ccc(C=O)cc1)C(=O)Nc1ccccn1. The number of carbonyl (C=O) groups excluding carboxylic acids is 2. The van der Waals surface area contributed by atoms with E-state index in [0.717, 1.165) is 6.29 Å². The Balaban J connectivity index is 1.95. The van der Waals surface area contributed by atoms with Crippen LogP contribution in [0.5, 0.6) is 5.75 Å². The molecular formula is C15H14N2O3. The van der Waals surface area contributed by atoms with Crippen molar-refractivity contribution in [1.82, 2.24) is 4.98 Å². The summed E-state index contributed by atoms with van der Waals surface area (Å²) < 4.78 is 5.49. The number of nitrogens with one attached hydrogen (secondary N) is 1. The Hall–Kier alpha value is -2.69. The first-order chi connectivity index (χ1) is 9.69. The van der Waals surface area contributed by atoms with E-state index in [1.165, 1.54) is 0 Å². The second kappa shape index (κ2) is 6.47. The van der Waals surface area contributed by atoms with E-state index in [0.29, 0.717) is 17.1 Å². The average Bonchev–Trinajstić information content (AvgIpc) is 2.49. The van der Waals surface area contributed by atoms with Gasteiger partial charge in [-0.2, -0.15) is 0 Å². The van der Waals surface area contributed by atoms with Gasteiger partial charge in [-0.15, -0.1) is 0 Å². The van der Waals surface area contributed by atoms with Crippen LogP contribution in [0.2, 0.25) is 0 Å². The molecule has 2 aromatic rings. The highest BCUT2D eigenvalue weighted by Crippen LogP contribution is 2.13. The monoisotopic (exact) mass is 270 g/mol. The van der Waals surface area contributed by atoms with Crippen molar-refractivity contribution in [2.45, 2.75) is 13.0 Å². The number of aldehydes is 1. The molecule has 102 valence electrons. The zero-order chi connectivity index (χ0) is 14.4. The van der Waals surface area contributed by atoms with Gasteiger partial charge in [-0.1, -0.05) is 6.07 Å². The van der Waals surface area contributed by atoms with Crippen LogP contribution in [0.1, 0.15) is 17.3 Å². The van der Waals surface area contributed by atoms with Crippen molar-refractivity contribution < 1.29 is 14.3 Å². The third-order valence-corrected chi connectivity index (χ3v) is 2.61. The van der Waals surface area contributed by atoms with Crippen LogP contribution in [-0.4, -0.2) is 23.3 Å². The van der Waals surface area contributed by atoms with Gasteiger partial charge in [0.1, 0.15) is 17.9 Å². The van der Waals surface area contributed by atoms with E-state index >= 15 is 0 Å².